The number of aliphatic hydroxyl groups excluding tert-OH is 4. The minimum absolute atomic E-state index is 0.145. The molecule has 2 heterocycles. The monoisotopic (exact) mass is 466 g/mol. The highest BCUT2D eigenvalue weighted by Crippen LogP contribution is 2.38. The lowest BCUT2D eigenvalue weighted by Crippen LogP contribution is -2.63. The topological polar surface area (TPSA) is 129 Å². The average molecular weight is 467 g/mol. The molecule has 9 heteroatoms. The van der Waals surface area contributed by atoms with E-state index < -0.39 is 36.8 Å². The largest absolute Gasteiger partial charge is 0.465 e. The molecule has 0 aromatic heterocycles. The molecule has 32 heavy (non-hydrogen) atoms. The number of hydrogen-bond donors (Lipinski definition) is 5. The molecule has 0 saturated carbocycles. The van der Waals surface area contributed by atoms with Crippen LogP contribution in [-0.4, -0.2) is 69.5 Å². The molecule has 6 atom stereocenters. The van der Waals surface area contributed by atoms with Gasteiger partial charge in [-0.15, -0.1) is 0 Å². The lowest BCUT2D eigenvalue weighted by Gasteiger charge is -2.45. The van der Waals surface area contributed by atoms with Crippen molar-refractivity contribution in [3.8, 4) is 5.75 Å². The third-order valence-electron chi connectivity index (χ3n) is 5.90. The highest BCUT2D eigenvalue weighted by molar-refractivity contribution is 6.31. The summed E-state index contributed by atoms with van der Waals surface area (Å²) in [6.07, 6.45) is -4.29. The summed E-state index contributed by atoms with van der Waals surface area (Å²) < 4.78 is 16.7. The molecule has 0 spiro atoms. The second-order valence-electron chi connectivity index (χ2n) is 8.15. The van der Waals surface area contributed by atoms with Crippen LogP contribution < -0.4 is 4.74 Å². The fourth-order valence-corrected chi connectivity index (χ4v) is 4.21. The number of hydrogen-bond acceptors (Lipinski definition) is 8. The number of aliphatic hydroxyl groups is 5. The third kappa shape index (κ3) is 4.64. The maximum Gasteiger partial charge on any atom is 0.222 e. The highest BCUT2D eigenvalue weighted by Gasteiger charge is 2.53. The predicted octanol–water partition coefficient (Wildman–Crippen LogP) is 1.06. The van der Waals surface area contributed by atoms with Crippen molar-refractivity contribution in [3.63, 3.8) is 0 Å². The second kappa shape index (κ2) is 9.62. The van der Waals surface area contributed by atoms with Gasteiger partial charge in [-0.2, -0.15) is 0 Å². The molecule has 2 aromatic rings. The van der Waals surface area contributed by atoms with Crippen LogP contribution in [0.2, 0.25) is 5.02 Å². The summed E-state index contributed by atoms with van der Waals surface area (Å²) in [4.78, 5) is 0. The Morgan fingerprint density at radius 2 is 1.81 bits per heavy atom. The summed E-state index contributed by atoms with van der Waals surface area (Å²) in [5, 5.41) is 51.4. The van der Waals surface area contributed by atoms with E-state index in [1.807, 2.05) is 24.3 Å². The highest BCUT2D eigenvalue weighted by atomic mass is 35.5. The SMILES string of the molecule is OC[C@H]1O[C@](O)(c2ccc(Cl)c(Cc3ccc(O[C@H]4CCCO4)cc3)c2)[C@H](O)[C@@H](O)[C@@H]1O. The van der Waals surface area contributed by atoms with Crippen LogP contribution in [0.1, 0.15) is 29.5 Å². The van der Waals surface area contributed by atoms with E-state index in [1.165, 1.54) is 6.07 Å². The van der Waals surface area contributed by atoms with Gasteiger partial charge in [0.2, 0.25) is 5.79 Å². The van der Waals surface area contributed by atoms with Gasteiger partial charge in [0, 0.05) is 17.0 Å². The van der Waals surface area contributed by atoms with Gasteiger partial charge in [0.05, 0.1) is 13.2 Å². The normalized spacial score (nSPS) is 32.8. The molecule has 2 aliphatic rings. The van der Waals surface area contributed by atoms with Gasteiger partial charge in [0.1, 0.15) is 30.2 Å². The van der Waals surface area contributed by atoms with Crippen LogP contribution in [0.3, 0.4) is 0 Å². The van der Waals surface area contributed by atoms with Crippen molar-refractivity contribution >= 4 is 11.6 Å². The smallest absolute Gasteiger partial charge is 0.222 e. The molecule has 0 aliphatic carbocycles. The van der Waals surface area contributed by atoms with Crippen LogP contribution in [0.25, 0.3) is 0 Å². The van der Waals surface area contributed by atoms with E-state index in [1.54, 1.807) is 12.1 Å². The van der Waals surface area contributed by atoms with Crippen LogP contribution in [0, 0.1) is 0 Å². The Balaban J connectivity index is 1.53. The van der Waals surface area contributed by atoms with Crippen LogP contribution in [0.5, 0.6) is 5.75 Å². The van der Waals surface area contributed by atoms with Gasteiger partial charge in [-0.1, -0.05) is 29.8 Å². The molecule has 2 fully saturated rings. The van der Waals surface area contributed by atoms with Crippen molar-refractivity contribution < 1.29 is 39.7 Å². The predicted molar refractivity (Wildman–Crippen MR) is 114 cm³/mol. The Bertz CT molecular complexity index is 915. The van der Waals surface area contributed by atoms with Gasteiger partial charge < -0.3 is 39.7 Å². The maximum atomic E-state index is 11.0. The van der Waals surface area contributed by atoms with E-state index in [9.17, 15) is 25.5 Å². The van der Waals surface area contributed by atoms with Crippen molar-refractivity contribution in [2.75, 3.05) is 13.2 Å². The number of halogens is 1. The molecule has 8 nitrogen and oxygen atoms in total. The first-order valence-corrected chi connectivity index (χ1v) is 10.9. The Labute approximate surface area is 190 Å². The van der Waals surface area contributed by atoms with Crippen LogP contribution in [0.15, 0.2) is 42.5 Å². The Kier molecular flexibility index (Phi) is 7.04. The summed E-state index contributed by atoms with van der Waals surface area (Å²) >= 11 is 6.36. The van der Waals surface area contributed by atoms with Gasteiger partial charge in [-0.3, -0.25) is 0 Å². The summed E-state index contributed by atoms with van der Waals surface area (Å²) in [6.45, 7) is 0.0609. The molecule has 0 amide bonds. The molecule has 0 radical (unpaired) electrons. The van der Waals surface area contributed by atoms with E-state index in [0.29, 0.717) is 29.4 Å². The van der Waals surface area contributed by atoms with Crippen molar-refractivity contribution in [1.82, 2.24) is 0 Å². The van der Waals surface area contributed by atoms with Crippen LogP contribution >= 0.6 is 11.6 Å². The molecule has 2 aliphatic heterocycles. The van der Waals surface area contributed by atoms with Crippen molar-refractivity contribution in [2.45, 2.75) is 55.8 Å². The molecular weight excluding hydrogens is 440 g/mol. The fraction of sp³-hybridized carbons (Fsp3) is 0.478. The van der Waals surface area contributed by atoms with Crippen molar-refractivity contribution in [3.05, 3.63) is 64.2 Å². The molecule has 5 N–H and O–H groups in total. The first-order chi connectivity index (χ1) is 15.3. The van der Waals surface area contributed by atoms with Gasteiger partial charge in [0.15, 0.2) is 6.29 Å². The van der Waals surface area contributed by atoms with E-state index in [2.05, 4.69) is 0 Å². The van der Waals surface area contributed by atoms with E-state index in [4.69, 9.17) is 25.8 Å². The summed E-state index contributed by atoms with van der Waals surface area (Å²) in [5.41, 5.74) is 1.74. The van der Waals surface area contributed by atoms with Crippen molar-refractivity contribution in [1.29, 1.82) is 0 Å². The number of ether oxygens (including phenoxy) is 3. The average Bonchev–Trinajstić information content (AvgIpc) is 3.30. The zero-order valence-electron chi connectivity index (χ0n) is 17.3. The van der Waals surface area contributed by atoms with E-state index in [0.717, 1.165) is 18.4 Å². The van der Waals surface area contributed by atoms with Gasteiger partial charge in [-0.05, 0) is 48.2 Å². The van der Waals surface area contributed by atoms with E-state index in [-0.39, 0.29) is 11.9 Å². The molecule has 4 rings (SSSR count). The zero-order chi connectivity index (χ0) is 22.9. The van der Waals surface area contributed by atoms with Crippen LogP contribution in [-0.2, 0) is 21.7 Å². The maximum absolute atomic E-state index is 11.0. The Morgan fingerprint density at radius 3 is 2.47 bits per heavy atom. The standard InChI is InChI=1S/C23H27ClO8/c24-17-8-5-15(23(29)22(28)21(27)20(26)18(12-25)32-23)11-14(17)10-13-3-6-16(7-4-13)31-19-2-1-9-30-19/h3-8,11,18-22,25-29H,1-2,9-10,12H2/t18-,19+,20-,21+,22-,23-/m1/s1. The Hall–Kier alpha value is -1.75. The second-order valence-corrected chi connectivity index (χ2v) is 8.56. The lowest BCUT2D eigenvalue weighted by atomic mass is 9.87. The van der Waals surface area contributed by atoms with E-state index >= 15 is 0 Å². The first kappa shape index (κ1) is 23.4. The molecule has 0 unspecified atom stereocenters. The fourth-order valence-electron chi connectivity index (χ4n) is 4.02. The van der Waals surface area contributed by atoms with Crippen molar-refractivity contribution in [2.24, 2.45) is 0 Å². The minimum Gasteiger partial charge on any atom is -0.465 e. The Morgan fingerprint density at radius 1 is 1.06 bits per heavy atom. The van der Waals surface area contributed by atoms with Crippen LogP contribution in [0.4, 0.5) is 0 Å². The number of benzene rings is 2. The lowest BCUT2D eigenvalue weighted by molar-refractivity contribution is -0.357. The molecule has 2 aromatic carbocycles. The minimum atomic E-state index is -2.33. The number of rotatable bonds is 6. The molecular formula is C23H27ClO8. The summed E-state index contributed by atoms with van der Waals surface area (Å²) in [7, 11) is 0. The summed E-state index contributed by atoms with van der Waals surface area (Å²) in [6, 6.07) is 12.1. The molecule has 0 bridgehead atoms. The van der Waals surface area contributed by atoms with Gasteiger partial charge >= 0.3 is 0 Å². The molecule has 2 saturated heterocycles. The molecule has 174 valence electrons. The zero-order valence-corrected chi connectivity index (χ0v) is 18.1. The quantitative estimate of drug-likeness (QED) is 0.427. The third-order valence-corrected chi connectivity index (χ3v) is 6.27. The van der Waals surface area contributed by atoms with Gasteiger partial charge in [-0.25, -0.2) is 0 Å². The first-order valence-electron chi connectivity index (χ1n) is 10.5. The van der Waals surface area contributed by atoms with Gasteiger partial charge in [0.25, 0.3) is 0 Å². The summed E-state index contributed by atoms with van der Waals surface area (Å²) in [5.74, 6) is -1.62.